The summed E-state index contributed by atoms with van der Waals surface area (Å²) in [7, 11) is 5.32. The van der Waals surface area contributed by atoms with Crippen molar-refractivity contribution in [3.05, 3.63) is 42.5 Å². The molecule has 0 spiro atoms. The smallest absolute Gasteiger partial charge is 0.207 e. The summed E-state index contributed by atoms with van der Waals surface area (Å²) in [6.07, 6.45) is 4.68. The Morgan fingerprint density at radius 1 is 1.08 bits per heavy atom. The molecule has 11 heteroatoms. The maximum absolute atomic E-state index is 10.8. The summed E-state index contributed by atoms with van der Waals surface area (Å²) in [6.45, 7) is 3.13. The molecular weight excluding hydrogens is 460 g/mol. The van der Waals surface area contributed by atoms with Crippen LogP contribution in [0.5, 0.6) is 5.75 Å². The Bertz CT molecular complexity index is 1470. The van der Waals surface area contributed by atoms with Crippen LogP contribution in [0.25, 0.3) is 28.0 Å². The molecule has 0 aliphatic carbocycles. The van der Waals surface area contributed by atoms with Crippen molar-refractivity contribution in [2.75, 3.05) is 49.0 Å². The molecule has 0 saturated carbocycles. The highest BCUT2D eigenvalue weighted by molar-refractivity contribution is 5.90. The molecule has 4 aromatic rings. The molecule has 2 N–H and O–H groups in total. The van der Waals surface area contributed by atoms with Gasteiger partial charge in [0.2, 0.25) is 6.35 Å². The van der Waals surface area contributed by atoms with Crippen LogP contribution in [0.1, 0.15) is 12.1 Å². The van der Waals surface area contributed by atoms with Crippen molar-refractivity contribution in [2.45, 2.75) is 25.8 Å². The molecular formula is C25H28N8O3. The highest BCUT2D eigenvalue weighted by Gasteiger charge is 2.36. The number of pyridine rings is 3. The lowest BCUT2D eigenvalue weighted by Gasteiger charge is -2.24. The SMILES string of the molecule is COc1ccncc1-c1cc2c(cnn2-c2cc3c(c(N4CC[C@H](O)C4)n2)N(C)C(O)N3C)c(C)n1. The average Bonchev–Trinajstić information content (AvgIpc) is 3.57. The summed E-state index contributed by atoms with van der Waals surface area (Å²) < 4.78 is 7.33. The molecule has 4 aromatic heterocycles. The second kappa shape index (κ2) is 8.32. The summed E-state index contributed by atoms with van der Waals surface area (Å²) in [5, 5.41) is 26.5. The van der Waals surface area contributed by atoms with Gasteiger partial charge < -0.3 is 29.6 Å². The summed E-state index contributed by atoms with van der Waals surface area (Å²) in [5.74, 6) is 2.02. The van der Waals surface area contributed by atoms with Crippen LogP contribution in [0.3, 0.4) is 0 Å². The second-order valence-electron chi connectivity index (χ2n) is 9.29. The number of fused-ring (bicyclic) bond motifs is 2. The Kier molecular flexibility index (Phi) is 5.20. The first-order valence-electron chi connectivity index (χ1n) is 11.8. The van der Waals surface area contributed by atoms with E-state index in [2.05, 4.69) is 15.0 Å². The maximum atomic E-state index is 10.8. The number of aliphatic hydroxyl groups excluding tert-OH is 2. The zero-order valence-corrected chi connectivity index (χ0v) is 20.6. The molecule has 6 heterocycles. The molecule has 0 aromatic carbocycles. The number of anilines is 3. The Labute approximate surface area is 208 Å². The zero-order valence-electron chi connectivity index (χ0n) is 20.6. The van der Waals surface area contributed by atoms with Crippen LogP contribution in [0.15, 0.2) is 36.8 Å². The molecule has 11 nitrogen and oxygen atoms in total. The Morgan fingerprint density at radius 3 is 2.67 bits per heavy atom. The van der Waals surface area contributed by atoms with E-state index in [0.29, 0.717) is 36.9 Å². The fraction of sp³-hybridized carbons (Fsp3) is 0.360. The quantitative estimate of drug-likeness (QED) is 0.441. The van der Waals surface area contributed by atoms with E-state index >= 15 is 0 Å². The van der Waals surface area contributed by atoms with E-state index < -0.39 is 12.5 Å². The minimum Gasteiger partial charge on any atom is -0.496 e. The molecule has 1 saturated heterocycles. The third-order valence-electron chi connectivity index (χ3n) is 7.08. The molecule has 0 amide bonds. The fourth-order valence-corrected chi connectivity index (χ4v) is 5.12. The van der Waals surface area contributed by atoms with Crippen LogP contribution >= 0.6 is 0 Å². The predicted molar refractivity (Wildman–Crippen MR) is 137 cm³/mol. The predicted octanol–water partition coefficient (Wildman–Crippen LogP) is 1.93. The average molecular weight is 489 g/mol. The van der Waals surface area contributed by atoms with Crippen molar-refractivity contribution in [3.63, 3.8) is 0 Å². The molecule has 6 rings (SSSR count). The van der Waals surface area contributed by atoms with Crippen LogP contribution in [0, 0.1) is 6.92 Å². The third kappa shape index (κ3) is 3.34. The summed E-state index contributed by atoms with van der Waals surface area (Å²) in [6, 6.07) is 5.71. The first kappa shape index (κ1) is 22.5. The molecule has 0 bridgehead atoms. The van der Waals surface area contributed by atoms with Crippen molar-refractivity contribution in [2.24, 2.45) is 0 Å². The Hall–Kier alpha value is -3.96. The summed E-state index contributed by atoms with van der Waals surface area (Å²) in [4.78, 5) is 19.7. The van der Waals surface area contributed by atoms with Gasteiger partial charge in [-0.05, 0) is 25.5 Å². The van der Waals surface area contributed by atoms with Crippen LogP contribution in [0.2, 0.25) is 0 Å². The van der Waals surface area contributed by atoms with Gasteiger partial charge in [0.1, 0.15) is 11.4 Å². The van der Waals surface area contributed by atoms with Gasteiger partial charge in [-0.15, -0.1) is 0 Å². The zero-order chi connectivity index (χ0) is 25.1. The number of ether oxygens (including phenoxy) is 1. The van der Waals surface area contributed by atoms with Gasteiger partial charge in [0.15, 0.2) is 11.6 Å². The standard InChI is InChI=1S/C25H28N8O3/c1-14-16-12-27-33(19(16)9-18(28-14)17-11-26-7-5-21(17)36-4)22-10-20-23(31(3)25(35)30(20)2)24(29-22)32-8-6-15(34)13-32/h5,7,9-12,15,25,34-35H,6,8,13H2,1-4H3/t15-,25?/m0/s1. The number of nitrogens with zero attached hydrogens (tertiary/aromatic N) is 8. The van der Waals surface area contributed by atoms with E-state index in [-0.39, 0.29) is 0 Å². The Balaban J connectivity index is 1.55. The van der Waals surface area contributed by atoms with E-state index in [4.69, 9.17) is 14.7 Å². The number of aromatic nitrogens is 5. The number of hydrogen-bond acceptors (Lipinski definition) is 10. The topological polar surface area (TPSA) is 116 Å². The van der Waals surface area contributed by atoms with E-state index in [1.165, 1.54) is 0 Å². The highest BCUT2D eigenvalue weighted by atomic mass is 16.5. The van der Waals surface area contributed by atoms with Gasteiger partial charge in [-0.2, -0.15) is 5.10 Å². The lowest BCUT2D eigenvalue weighted by atomic mass is 10.1. The largest absolute Gasteiger partial charge is 0.496 e. The first-order valence-corrected chi connectivity index (χ1v) is 11.8. The molecule has 1 fully saturated rings. The third-order valence-corrected chi connectivity index (χ3v) is 7.08. The first-order chi connectivity index (χ1) is 17.4. The van der Waals surface area contributed by atoms with E-state index in [9.17, 15) is 10.2 Å². The van der Waals surface area contributed by atoms with E-state index in [1.54, 1.807) is 40.2 Å². The lowest BCUT2D eigenvalue weighted by molar-refractivity contribution is 0.183. The van der Waals surface area contributed by atoms with Crippen molar-refractivity contribution >= 4 is 28.1 Å². The van der Waals surface area contributed by atoms with Crippen LogP contribution in [-0.4, -0.2) is 81.7 Å². The van der Waals surface area contributed by atoms with Gasteiger partial charge in [-0.3, -0.25) is 9.97 Å². The number of aliphatic hydroxyl groups is 2. The van der Waals surface area contributed by atoms with E-state index in [0.717, 1.165) is 39.2 Å². The molecule has 0 radical (unpaired) electrons. The van der Waals surface area contributed by atoms with Crippen LogP contribution in [0.4, 0.5) is 17.2 Å². The number of methoxy groups -OCH3 is 1. The normalized spacial score (nSPS) is 19.4. The van der Waals surface area contributed by atoms with Crippen molar-refractivity contribution in [1.29, 1.82) is 0 Å². The number of aryl methyl sites for hydroxylation is 1. The molecule has 186 valence electrons. The van der Waals surface area contributed by atoms with Crippen LogP contribution < -0.4 is 19.4 Å². The van der Waals surface area contributed by atoms with Gasteiger partial charge in [0.25, 0.3) is 0 Å². The summed E-state index contributed by atoms with van der Waals surface area (Å²) in [5.41, 5.74) is 4.86. The van der Waals surface area contributed by atoms with Gasteiger partial charge in [-0.25, -0.2) is 9.67 Å². The fourth-order valence-electron chi connectivity index (χ4n) is 5.12. The van der Waals surface area contributed by atoms with Crippen molar-refractivity contribution in [3.8, 4) is 22.8 Å². The lowest BCUT2D eigenvalue weighted by Crippen LogP contribution is -2.38. The second-order valence-corrected chi connectivity index (χ2v) is 9.29. The van der Waals surface area contributed by atoms with E-state index in [1.807, 2.05) is 39.2 Å². The minimum absolute atomic E-state index is 0.406. The Morgan fingerprint density at radius 2 is 1.92 bits per heavy atom. The van der Waals surface area contributed by atoms with Crippen molar-refractivity contribution < 1.29 is 14.9 Å². The van der Waals surface area contributed by atoms with Gasteiger partial charge >= 0.3 is 0 Å². The van der Waals surface area contributed by atoms with Gasteiger partial charge in [0.05, 0.1) is 41.9 Å². The molecule has 1 unspecified atom stereocenters. The molecule has 2 aliphatic rings. The highest BCUT2D eigenvalue weighted by Crippen LogP contribution is 2.45. The molecule has 2 aliphatic heterocycles. The number of β-amino-alcohol motifs (C(OH)–C–C–N with tert-alkyl or cyclic N) is 1. The van der Waals surface area contributed by atoms with Gasteiger partial charge in [0, 0.05) is 56.7 Å². The maximum Gasteiger partial charge on any atom is 0.207 e. The van der Waals surface area contributed by atoms with Crippen LogP contribution in [-0.2, 0) is 0 Å². The van der Waals surface area contributed by atoms with Gasteiger partial charge in [-0.1, -0.05) is 0 Å². The number of rotatable bonds is 4. The molecule has 2 atom stereocenters. The number of hydrogen-bond donors (Lipinski definition) is 2. The summed E-state index contributed by atoms with van der Waals surface area (Å²) >= 11 is 0. The monoisotopic (exact) mass is 488 g/mol. The molecule has 36 heavy (non-hydrogen) atoms. The minimum atomic E-state index is -0.811. The van der Waals surface area contributed by atoms with Crippen molar-refractivity contribution in [1.82, 2.24) is 24.7 Å².